The van der Waals surface area contributed by atoms with E-state index in [1.165, 1.54) is 0 Å². The minimum absolute atomic E-state index is 0.0277. The number of likely N-dealkylation sites (tertiary alicyclic amines) is 1. The van der Waals surface area contributed by atoms with Crippen molar-refractivity contribution in [3.8, 4) is 0 Å². The molecule has 1 aliphatic rings. The Bertz CT molecular complexity index is 827. The quantitative estimate of drug-likeness (QED) is 0.783. The third kappa shape index (κ3) is 2.73. The Morgan fingerprint density at radius 2 is 2.21 bits per heavy atom. The highest BCUT2D eigenvalue weighted by atomic mass is 16.3. The highest BCUT2D eigenvalue weighted by Crippen LogP contribution is 2.31. The van der Waals surface area contributed by atoms with Crippen LogP contribution in [0.4, 0.5) is 10.5 Å². The van der Waals surface area contributed by atoms with Crippen molar-refractivity contribution in [1.82, 2.24) is 19.5 Å². The largest absolute Gasteiger partial charge is 0.467 e. The number of urea groups is 1. The van der Waals surface area contributed by atoms with Crippen LogP contribution in [-0.2, 0) is 0 Å². The molecule has 0 aromatic carbocycles. The second kappa shape index (κ2) is 6.35. The SMILES string of the molecule is O=C(Nc1cccn2cnnc12)N1CCCCC[C@H]1c1ccco1. The van der Waals surface area contributed by atoms with Gasteiger partial charge in [-0.25, -0.2) is 4.79 Å². The second-order valence-corrected chi connectivity index (χ2v) is 5.99. The minimum atomic E-state index is -0.130. The van der Waals surface area contributed by atoms with Gasteiger partial charge in [-0.2, -0.15) is 0 Å². The van der Waals surface area contributed by atoms with Crippen molar-refractivity contribution < 1.29 is 9.21 Å². The third-order valence-electron chi connectivity index (χ3n) is 4.45. The lowest BCUT2D eigenvalue weighted by molar-refractivity contribution is 0.179. The van der Waals surface area contributed by atoms with Gasteiger partial charge in [-0.1, -0.05) is 12.8 Å². The molecule has 1 fully saturated rings. The Labute approximate surface area is 139 Å². The van der Waals surface area contributed by atoms with Gasteiger partial charge in [0.15, 0.2) is 5.65 Å². The number of anilines is 1. The molecule has 4 heterocycles. The molecule has 1 saturated heterocycles. The van der Waals surface area contributed by atoms with Gasteiger partial charge in [-0.15, -0.1) is 10.2 Å². The fourth-order valence-corrected chi connectivity index (χ4v) is 3.26. The van der Waals surface area contributed by atoms with Crippen molar-refractivity contribution in [3.63, 3.8) is 0 Å². The van der Waals surface area contributed by atoms with Crippen LogP contribution in [0.25, 0.3) is 5.65 Å². The van der Waals surface area contributed by atoms with Crippen LogP contribution in [0.2, 0.25) is 0 Å². The number of furan rings is 1. The zero-order valence-electron chi connectivity index (χ0n) is 13.3. The second-order valence-electron chi connectivity index (χ2n) is 5.99. The van der Waals surface area contributed by atoms with E-state index in [0.717, 1.165) is 31.4 Å². The standard InChI is InChI=1S/C17H19N5O2/c23-17(19-13-6-4-9-21-12-18-20-16(13)21)22-10-3-1-2-7-14(22)15-8-5-11-24-15/h4-6,8-9,11-12,14H,1-3,7,10H2,(H,19,23)/t14-/m0/s1. The highest BCUT2D eigenvalue weighted by molar-refractivity contribution is 5.93. The lowest BCUT2D eigenvalue weighted by atomic mass is 10.1. The van der Waals surface area contributed by atoms with E-state index in [9.17, 15) is 4.79 Å². The van der Waals surface area contributed by atoms with Gasteiger partial charge in [0.1, 0.15) is 12.1 Å². The van der Waals surface area contributed by atoms with E-state index >= 15 is 0 Å². The van der Waals surface area contributed by atoms with E-state index in [0.29, 0.717) is 17.9 Å². The van der Waals surface area contributed by atoms with Crippen LogP contribution in [0.5, 0.6) is 0 Å². The predicted octanol–water partition coefficient (Wildman–Crippen LogP) is 3.47. The average molecular weight is 325 g/mol. The van der Waals surface area contributed by atoms with E-state index in [4.69, 9.17) is 4.42 Å². The Balaban J connectivity index is 1.60. The number of pyridine rings is 1. The molecule has 1 N–H and O–H groups in total. The van der Waals surface area contributed by atoms with Crippen molar-refractivity contribution in [2.24, 2.45) is 0 Å². The Kier molecular flexibility index (Phi) is 3.90. The van der Waals surface area contributed by atoms with E-state index in [-0.39, 0.29) is 12.1 Å². The fourth-order valence-electron chi connectivity index (χ4n) is 3.26. The molecule has 124 valence electrons. The van der Waals surface area contributed by atoms with Crippen LogP contribution in [0.15, 0.2) is 47.5 Å². The van der Waals surface area contributed by atoms with E-state index in [1.54, 1.807) is 17.0 Å². The summed E-state index contributed by atoms with van der Waals surface area (Å²) in [6, 6.07) is 7.34. The van der Waals surface area contributed by atoms with E-state index in [2.05, 4.69) is 15.5 Å². The maximum absolute atomic E-state index is 12.9. The maximum atomic E-state index is 12.9. The molecule has 2 amide bonds. The summed E-state index contributed by atoms with van der Waals surface area (Å²) in [5.41, 5.74) is 1.29. The molecule has 0 saturated carbocycles. The van der Waals surface area contributed by atoms with Gasteiger partial charge in [0.25, 0.3) is 0 Å². The van der Waals surface area contributed by atoms with Crippen LogP contribution in [0.1, 0.15) is 37.5 Å². The number of nitrogens with zero attached hydrogens (tertiary/aromatic N) is 4. The molecule has 0 aliphatic carbocycles. The Hall–Kier alpha value is -2.83. The summed E-state index contributed by atoms with van der Waals surface area (Å²) in [4.78, 5) is 14.8. The lowest BCUT2D eigenvalue weighted by Crippen LogP contribution is -2.38. The van der Waals surface area contributed by atoms with Gasteiger partial charge >= 0.3 is 6.03 Å². The van der Waals surface area contributed by atoms with Gasteiger partial charge in [0.05, 0.1) is 18.0 Å². The first-order valence-electron chi connectivity index (χ1n) is 8.22. The van der Waals surface area contributed by atoms with Crippen molar-refractivity contribution in [2.45, 2.75) is 31.7 Å². The number of amides is 2. The summed E-state index contributed by atoms with van der Waals surface area (Å²) in [7, 11) is 0. The zero-order valence-corrected chi connectivity index (χ0v) is 13.3. The summed E-state index contributed by atoms with van der Waals surface area (Å²) in [6.07, 6.45) is 9.25. The molecular weight excluding hydrogens is 306 g/mol. The number of carbonyl (C=O) groups is 1. The first kappa shape index (κ1) is 14.7. The molecule has 3 aromatic heterocycles. The summed E-state index contributed by atoms with van der Waals surface area (Å²) < 4.78 is 7.35. The summed E-state index contributed by atoms with van der Waals surface area (Å²) >= 11 is 0. The summed E-state index contributed by atoms with van der Waals surface area (Å²) in [5.74, 6) is 0.840. The number of carbonyl (C=O) groups excluding carboxylic acids is 1. The molecule has 0 spiro atoms. The number of hydrogen-bond donors (Lipinski definition) is 1. The molecule has 7 nitrogen and oxygen atoms in total. The smallest absolute Gasteiger partial charge is 0.322 e. The normalized spacial score (nSPS) is 18.5. The topological polar surface area (TPSA) is 75.7 Å². The predicted molar refractivity (Wildman–Crippen MR) is 88.6 cm³/mol. The molecule has 1 aliphatic heterocycles. The number of rotatable bonds is 2. The minimum Gasteiger partial charge on any atom is -0.467 e. The molecular formula is C17H19N5O2. The van der Waals surface area contributed by atoms with Crippen molar-refractivity contribution in [3.05, 3.63) is 48.8 Å². The number of hydrogen-bond acceptors (Lipinski definition) is 4. The van der Waals surface area contributed by atoms with Gasteiger partial charge in [0, 0.05) is 12.7 Å². The summed E-state index contributed by atoms with van der Waals surface area (Å²) in [5, 5.41) is 10.9. The first-order valence-corrected chi connectivity index (χ1v) is 8.22. The van der Waals surface area contributed by atoms with Gasteiger partial charge in [0.2, 0.25) is 0 Å². The van der Waals surface area contributed by atoms with Crippen molar-refractivity contribution >= 4 is 17.4 Å². The van der Waals surface area contributed by atoms with Crippen LogP contribution < -0.4 is 5.32 Å². The molecule has 0 bridgehead atoms. The third-order valence-corrected chi connectivity index (χ3v) is 4.45. The average Bonchev–Trinajstić information content (AvgIpc) is 3.23. The van der Waals surface area contributed by atoms with Crippen molar-refractivity contribution in [1.29, 1.82) is 0 Å². The molecule has 1 atom stereocenters. The molecule has 3 aromatic rings. The fraction of sp³-hybridized carbons (Fsp3) is 0.353. The number of nitrogens with one attached hydrogen (secondary N) is 1. The molecule has 24 heavy (non-hydrogen) atoms. The Morgan fingerprint density at radius 3 is 3.08 bits per heavy atom. The monoisotopic (exact) mass is 325 g/mol. The molecule has 4 rings (SSSR count). The Morgan fingerprint density at radius 1 is 1.25 bits per heavy atom. The van der Waals surface area contributed by atoms with Crippen LogP contribution in [0.3, 0.4) is 0 Å². The van der Waals surface area contributed by atoms with E-state index < -0.39 is 0 Å². The van der Waals surface area contributed by atoms with Crippen LogP contribution in [0, 0.1) is 0 Å². The van der Waals surface area contributed by atoms with Gasteiger partial charge in [-0.05, 0) is 37.1 Å². The zero-order chi connectivity index (χ0) is 16.4. The maximum Gasteiger partial charge on any atom is 0.322 e. The molecule has 0 unspecified atom stereocenters. The first-order chi connectivity index (χ1) is 11.8. The highest BCUT2D eigenvalue weighted by Gasteiger charge is 2.29. The van der Waals surface area contributed by atoms with E-state index in [1.807, 2.05) is 35.4 Å². The van der Waals surface area contributed by atoms with Crippen LogP contribution >= 0.6 is 0 Å². The molecule has 7 heteroatoms. The van der Waals surface area contributed by atoms with Crippen LogP contribution in [-0.4, -0.2) is 32.1 Å². The van der Waals surface area contributed by atoms with Gasteiger partial charge < -0.3 is 14.6 Å². The number of aromatic nitrogens is 3. The summed E-state index contributed by atoms with van der Waals surface area (Å²) in [6.45, 7) is 0.715. The number of fused-ring (bicyclic) bond motifs is 1. The lowest BCUT2D eigenvalue weighted by Gasteiger charge is -2.28. The van der Waals surface area contributed by atoms with Gasteiger partial charge in [-0.3, -0.25) is 4.40 Å². The molecule has 0 radical (unpaired) electrons. The van der Waals surface area contributed by atoms with Crippen molar-refractivity contribution in [2.75, 3.05) is 11.9 Å².